The van der Waals surface area contributed by atoms with Crippen molar-refractivity contribution in [3.63, 3.8) is 0 Å². The van der Waals surface area contributed by atoms with Gasteiger partial charge in [-0.15, -0.1) is 0 Å². The molecule has 0 atom stereocenters. The van der Waals surface area contributed by atoms with Crippen LogP contribution in [0.25, 0.3) is 10.8 Å². The lowest BCUT2D eigenvalue weighted by molar-refractivity contribution is 0.414. The molecular weight excluding hydrogens is 266 g/mol. The molecule has 0 saturated heterocycles. The molecule has 5 heteroatoms. The molecule has 2 N–H and O–H groups in total. The molecule has 0 unspecified atom stereocenters. The van der Waals surface area contributed by atoms with Crippen molar-refractivity contribution in [2.24, 2.45) is 0 Å². The van der Waals surface area contributed by atoms with E-state index in [0.717, 1.165) is 22.4 Å². The molecule has 5 nitrogen and oxygen atoms in total. The minimum atomic E-state index is -0.172. The number of ether oxygens (including phenoxy) is 1. The first-order valence-electron chi connectivity index (χ1n) is 6.60. The highest BCUT2D eigenvalue weighted by atomic mass is 16.5. The quantitative estimate of drug-likeness (QED) is 0.771. The van der Waals surface area contributed by atoms with Crippen LogP contribution in [0.2, 0.25) is 0 Å². The van der Waals surface area contributed by atoms with E-state index in [-0.39, 0.29) is 5.56 Å². The fourth-order valence-corrected chi connectivity index (χ4v) is 2.15. The normalized spacial score (nSPS) is 10.5. The van der Waals surface area contributed by atoms with Gasteiger partial charge in [0.25, 0.3) is 5.56 Å². The summed E-state index contributed by atoms with van der Waals surface area (Å²) in [5.74, 6) is 0.842. The van der Waals surface area contributed by atoms with Gasteiger partial charge in [-0.2, -0.15) is 5.10 Å². The third kappa shape index (κ3) is 2.86. The molecule has 0 aliphatic carbocycles. The van der Waals surface area contributed by atoms with Crippen LogP contribution in [0, 0.1) is 0 Å². The van der Waals surface area contributed by atoms with Crippen molar-refractivity contribution in [2.75, 3.05) is 12.4 Å². The Morgan fingerprint density at radius 3 is 2.76 bits per heavy atom. The van der Waals surface area contributed by atoms with Gasteiger partial charge in [0.15, 0.2) is 0 Å². The van der Waals surface area contributed by atoms with Crippen LogP contribution in [-0.4, -0.2) is 17.3 Å². The number of hydrogen-bond donors (Lipinski definition) is 2. The number of hydrogen-bond acceptors (Lipinski definition) is 4. The third-order valence-electron chi connectivity index (χ3n) is 3.32. The molecule has 0 radical (unpaired) electrons. The van der Waals surface area contributed by atoms with Gasteiger partial charge in [-0.25, -0.2) is 5.10 Å². The summed E-state index contributed by atoms with van der Waals surface area (Å²) >= 11 is 0. The molecule has 1 heterocycles. The highest BCUT2D eigenvalue weighted by Gasteiger charge is 2.01. The van der Waals surface area contributed by atoms with E-state index in [1.807, 2.05) is 36.4 Å². The van der Waals surface area contributed by atoms with E-state index >= 15 is 0 Å². The number of anilines is 1. The van der Waals surface area contributed by atoms with Crippen molar-refractivity contribution >= 4 is 16.5 Å². The summed E-state index contributed by atoms with van der Waals surface area (Å²) in [6, 6.07) is 13.5. The number of nitrogens with zero attached hydrogens (tertiary/aromatic N) is 1. The maximum atomic E-state index is 11.6. The molecule has 3 aromatic rings. The van der Waals surface area contributed by atoms with Crippen LogP contribution in [0.15, 0.2) is 53.5 Å². The topological polar surface area (TPSA) is 67.0 Å². The molecule has 1 aromatic heterocycles. The number of H-pyrrole nitrogens is 1. The predicted octanol–water partition coefficient (Wildman–Crippen LogP) is 2.54. The zero-order valence-corrected chi connectivity index (χ0v) is 11.6. The molecule has 106 valence electrons. The summed E-state index contributed by atoms with van der Waals surface area (Å²) in [4.78, 5) is 11.6. The van der Waals surface area contributed by atoms with Crippen LogP contribution in [0.3, 0.4) is 0 Å². The molecule has 0 fully saturated rings. The van der Waals surface area contributed by atoms with Gasteiger partial charge in [-0.3, -0.25) is 4.79 Å². The largest absolute Gasteiger partial charge is 0.497 e. The van der Waals surface area contributed by atoms with Gasteiger partial charge < -0.3 is 10.1 Å². The van der Waals surface area contributed by atoms with E-state index in [1.54, 1.807) is 19.4 Å². The Hall–Kier alpha value is -2.82. The van der Waals surface area contributed by atoms with Crippen LogP contribution in [0.1, 0.15) is 5.56 Å². The van der Waals surface area contributed by atoms with Crippen molar-refractivity contribution in [2.45, 2.75) is 6.54 Å². The Labute approximate surface area is 121 Å². The molecule has 0 bridgehead atoms. The van der Waals surface area contributed by atoms with Crippen molar-refractivity contribution in [3.8, 4) is 5.75 Å². The number of nitrogens with one attached hydrogen (secondary N) is 2. The van der Waals surface area contributed by atoms with E-state index in [4.69, 9.17) is 4.74 Å². The molecule has 0 aliphatic rings. The first-order valence-corrected chi connectivity index (χ1v) is 6.60. The van der Waals surface area contributed by atoms with Gasteiger partial charge in [0.2, 0.25) is 0 Å². The summed E-state index contributed by atoms with van der Waals surface area (Å²) in [5, 5.41) is 11.0. The molecule has 21 heavy (non-hydrogen) atoms. The highest BCUT2D eigenvalue weighted by molar-refractivity contribution is 5.83. The van der Waals surface area contributed by atoms with Gasteiger partial charge in [0.1, 0.15) is 5.75 Å². The smallest absolute Gasteiger partial charge is 0.272 e. The van der Waals surface area contributed by atoms with E-state index in [2.05, 4.69) is 15.5 Å². The van der Waals surface area contributed by atoms with Crippen molar-refractivity contribution < 1.29 is 4.74 Å². The van der Waals surface area contributed by atoms with Gasteiger partial charge in [-0.05, 0) is 35.9 Å². The number of aromatic amines is 1. The molecule has 0 saturated carbocycles. The monoisotopic (exact) mass is 281 g/mol. The second-order valence-corrected chi connectivity index (χ2v) is 4.70. The van der Waals surface area contributed by atoms with Crippen molar-refractivity contribution in [1.29, 1.82) is 0 Å². The van der Waals surface area contributed by atoms with Gasteiger partial charge in [0, 0.05) is 17.6 Å². The molecular formula is C16H15N3O2. The fraction of sp³-hybridized carbons (Fsp3) is 0.125. The van der Waals surface area contributed by atoms with Crippen molar-refractivity contribution in [1.82, 2.24) is 10.2 Å². The molecule has 2 aromatic carbocycles. The predicted molar refractivity (Wildman–Crippen MR) is 82.7 cm³/mol. The molecule has 0 spiro atoms. The summed E-state index contributed by atoms with van der Waals surface area (Å²) in [5.41, 5.74) is 1.93. The standard InChI is InChI=1S/C16H15N3O2/c1-21-14-5-2-11(3-6-14)9-17-13-4-7-15-12(8-13)10-18-19-16(15)20/h2-8,10,17H,9H2,1H3,(H,19,20). The first kappa shape index (κ1) is 13.2. The second-order valence-electron chi connectivity index (χ2n) is 4.70. The van der Waals surface area contributed by atoms with Gasteiger partial charge in [0.05, 0.1) is 18.7 Å². The minimum absolute atomic E-state index is 0.172. The van der Waals surface area contributed by atoms with E-state index < -0.39 is 0 Å². The first-order chi connectivity index (χ1) is 10.3. The van der Waals surface area contributed by atoms with E-state index in [0.29, 0.717) is 11.9 Å². The van der Waals surface area contributed by atoms with E-state index in [1.165, 1.54) is 0 Å². The number of aromatic nitrogens is 2. The Kier molecular flexibility index (Phi) is 3.55. The Bertz CT molecular complexity index is 810. The van der Waals surface area contributed by atoms with Crippen LogP contribution < -0.4 is 15.6 Å². The zero-order valence-electron chi connectivity index (χ0n) is 11.6. The Balaban J connectivity index is 1.77. The number of benzene rings is 2. The van der Waals surface area contributed by atoms with Crippen LogP contribution in [0.5, 0.6) is 5.75 Å². The third-order valence-corrected chi connectivity index (χ3v) is 3.32. The Morgan fingerprint density at radius 2 is 2.00 bits per heavy atom. The average molecular weight is 281 g/mol. The van der Waals surface area contributed by atoms with E-state index in [9.17, 15) is 4.79 Å². The zero-order chi connectivity index (χ0) is 14.7. The number of rotatable bonds is 4. The summed E-state index contributed by atoms with van der Waals surface area (Å²) in [7, 11) is 1.65. The highest BCUT2D eigenvalue weighted by Crippen LogP contribution is 2.17. The lowest BCUT2D eigenvalue weighted by atomic mass is 10.1. The maximum Gasteiger partial charge on any atom is 0.272 e. The maximum absolute atomic E-state index is 11.6. The van der Waals surface area contributed by atoms with Crippen LogP contribution in [0.4, 0.5) is 5.69 Å². The lowest BCUT2D eigenvalue weighted by Crippen LogP contribution is -2.07. The molecule has 0 amide bonds. The number of methoxy groups -OCH3 is 1. The molecule has 0 aliphatic heterocycles. The molecule has 3 rings (SSSR count). The second kappa shape index (κ2) is 5.66. The fourth-order valence-electron chi connectivity index (χ4n) is 2.15. The summed E-state index contributed by atoms with van der Waals surface area (Å²) < 4.78 is 5.13. The SMILES string of the molecule is COc1ccc(CNc2ccc3c(=O)[nH]ncc3c2)cc1. The number of fused-ring (bicyclic) bond motifs is 1. The minimum Gasteiger partial charge on any atom is -0.497 e. The van der Waals surface area contributed by atoms with Crippen molar-refractivity contribution in [3.05, 3.63) is 64.6 Å². The van der Waals surface area contributed by atoms with Gasteiger partial charge >= 0.3 is 0 Å². The van der Waals surface area contributed by atoms with Crippen LogP contribution in [-0.2, 0) is 6.54 Å². The van der Waals surface area contributed by atoms with Gasteiger partial charge in [-0.1, -0.05) is 12.1 Å². The summed E-state index contributed by atoms with van der Waals surface area (Å²) in [6.07, 6.45) is 1.65. The van der Waals surface area contributed by atoms with Crippen LogP contribution >= 0.6 is 0 Å². The summed E-state index contributed by atoms with van der Waals surface area (Å²) in [6.45, 7) is 0.701. The average Bonchev–Trinajstić information content (AvgIpc) is 2.53. The Morgan fingerprint density at radius 1 is 1.19 bits per heavy atom. The lowest BCUT2D eigenvalue weighted by Gasteiger charge is -2.08.